The standard InChI is InChI=1S/C17H19N3O3S/c21-17(18-7-5-13-6-10-24-12-13)14-3-4-15(16(11-14)20(22)23)19-8-1-2-9-19/h3-4,6,10-12H,1-2,5,7-9H2,(H,18,21). The molecule has 3 rings (SSSR count). The van der Waals surface area contributed by atoms with Gasteiger partial charge in [-0.3, -0.25) is 14.9 Å². The molecule has 0 spiro atoms. The van der Waals surface area contributed by atoms with Crippen LogP contribution in [-0.4, -0.2) is 30.5 Å². The van der Waals surface area contributed by atoms with Gasteiger partial charge in [0.05, 0.1) is 4.92 Å². The Morgan fingerprint density at radius 2 is 2.08 bits per heavy atom. The molecular weight excluding hydrogens is 326 g/mol. The molecule has 1 aromatic heterocycles. The van der Waals surface area contributed by atoms with E-state index in [0.29, 0.717) is 17.8 Å². The smallest absolute Gasteiger partial charge is 0.293 e. The lowest BCUT2D eigenvalue weighted by atomic mass is 10.1. The monoisotopic (exact) mass is 345 g/mol. The van der Waals surface area contributed by atoms with E-state index in [1.807, 2.05) is 21.7 Å². The predicted octanol–water partition coefficient (Wildman–Crippen LogP) is 3.23. The molecule has 24 heavy (non-hydrogen) atoms. The first-order chi connectivity index (χ1) is 11.6. The number of nitro groups is 1. The van der Waals surface area contributed by atoms with E-state index >= 15 is 0 Å². The second-order valence-corrected chi connectivity index (χ2v) is 6.57. The van der Waals surface area contributed by atoms with Crippen molar-refractivity contribution in [1.29, 1.82) is 0 Å². The van der Waals surface area contributed by atoms with Crippen LogP contribution in [0.4, 0.5) is 11.4 Å². The van der Waals surface area contributed by atoms with Crippen LogP contribution in [-0.2, 0) is 6.42 Å². The van der Waals surface area contributed by atoms with E-state index in [1.54, 1.807) is 23.5 Å². The van der Waals surface area contributed by atoms with Crippen molar-refractivity contribution in [3.8, 4) is 0 Å². The van der Waals surface area contributed by atoms with E-state index in [4.69, 9.17) is 0 Å². The highest BCUT2D eigenvalue weighted by molar-refractivity contribution is 7.07. The minimum absolute atomic E-state index is 0.00221. The van der Waals surface area contributed by atoms with Crippen molar-refractivity contribution >= 4 is 28.6 Å². The van der Waals surface area contributed by atoms with Crippen LogP contribution in [0.1, 0.15) is 28.8 Å². The van der Waals surface area contributed by atoms with Gasteiger partial charge in [0.2, 0.25) is 0 Å². The molecule has 0 saturated carbocycles. The molecule has 0 unspecified atom stereocenters. The summed E-state index contributed by atoms with van der Waals surface area (Å²) in [5, 5.41) is 18.2. The van der Waals surface area contributed by atoms with Crippen LogP contribution in [0.3, 0.4) is 0 Å². The Labute approximate surface area is 144 Å². The minimum atomic E-state index is -0.407. The Morgan fingerprint density at radius 1 is 1.29 bits per heavy atom. The van der Waals surface area contributed by atoms with Crippen LogP contribution < -0.4 is 10.2 Å². The summed E-state index contributed by atoms with van der Waals surface area (Å²) in [6.45, 7) is 2.16. The number of nitrogens with zero attached hydrogens (tertiary/aromatic N) is 2. The summed E-state index contributed by atoms with van der Waals surface area (Å²) in [6.07, 6.45) is 2.84. The normalized spacial score (nSPS) is 13.9. The van der Waals surface area contributed by atoms with E-state index in [9.17, 15) is 14.9 Å². The van der Waals surface area contributed by atoms with E-state index in [0.717, 1.165) is 32.4 Å². The van der Waals surface area contributed by atoms with Gasteiger partial charge >= 0.3 is 0 Å². The lowest BCUT2D eigenvalue weighted by Gasteiger charge is -2.17. The van der Waals surface area contributed by atoms with Crippen LogP contribution in [0.25, 0.3) is 0 Å². The van der Waals surface area contributed by atoms with Crippen molar-refractivity contribution in [3.05, 3.63) is 56.3 Å². The Kier molecular flexibility index (Phi) is 5.10. The molecule has 1 aromatic carbocycles. The highest BCUT2D eigenvalue weighted by Gasteiger charge is 2.23. The van der Waals surface area contributed by atoms with E-state index in [2.05, 4.69) is 5.32 Å². The molecule has 1 N–H and O–H groups in total. The van der Waals surface area contributed by atoms with Gasteiger partial charge in [-0.1, -0.05) is 0 Å². The van der Waals surface area contributed by atoms with Gasteiger partial charge in [-0.2, -0.15) is 11.3 Å². The molecule has 1 amide bonds. The Hall–Kier alpha value is -2.41. The molecule has 7 heteroatoms. The van der Waals surface area contributed by atoms with Crippen LogP contribution in [0.5, 0.6) is 0 Å². The summed E-state index contributed by atoms with van der Waals surface area (Å²) in [5.41, 5.74) is 2.11. The number of anilines is 1. The first-order valence-electron chi connectivity index (χ1n) is 7.98. The Balaban J connectivity index is 1.69. The number of benzene rings is 1. The number of rotatable bonds is 6. The van der Waals surface area contributed by atoms with Gasteiger partial charge in [-0.15, -0.1) is 0 Å². The Morgan fingerprint density at radius 3 is 2.75 bits per heavy atom. The maximum Gasteiger partial charge on any atom is 0.293 e. The van der Waals surface area contributed by atoms with Crippen LogP contribution in [0.15, 0.2) is 35.0 Å². The summed E-state index contributed by atoms with van der Waals surface area (Å²) in [5.74, 6) is -0.277. The first-order valence-corrected chi connectivity index (χ1v) is 8.92. The average Bonchev–Trinajstić information content (AvgIpc) is 3.28. The lowest BCUT2D eigenvalue weighted by molar-refractivity contribution is -0.384. The second-order valence-electron chi connectivity index (χ2n) is 5.79. The van der Waals surface area contributed by atoms with E-state index in [-0.39, 0.29) is 11.6 Å². The van der Waals surface area contributed by atoms with Gasteiger partial charge in [0, 0.05) is 31.3 Å². The number of nitrogens with one attached hydrogen (secondary N) is 1. The lowest BCUT2D eigenvalue weighted by Crippen LogP contribution is -2.26. The summed E-state index contributed by atoms with van der Waals surface area (Å²) in [6, 6.07) is 6.76. The van der Waals surface area contributed by atoms with Crippen molar-refractivity contribution in [3.63, 3.8) is 0 Å². The highest BCUT2D eigenvalue weighted by Crippen LogP contribution is 2.31. The molecule has 1 aliphatic rings. The summed E-state index contributed by atoms with van der Waals surface area (Å²) < 4.78 is 0. The molecule has 0 atom stereocenters. The third-order valence-electron chi connectivity index (χ3n) is 4.16. The van der Waals surface area contributed by atoms with Gasteiger partial charge in [0.15, 0.2) is 0 Å². The summed E-state index contributed by atoms with van der Waals surface area (Å²) >= 11 is 1.62. The van der Waals surface area contributed by atoms with Gasteiger partial charge in [-0.05, 0) is 53.8 Å². The topological polar surface area (TPSA) is 75.5 Å². The van der Waals surface area contributed by atoms with Crippen LogP contribution in [0, 0.1) is 10.1 Å². The van der Waals surface area contributed by atoms with Gasteiger partial charge in [-0.25, -0.2) is 0 Å². The average molecular weight is 345 g/mol. The molecule has 1 saturated heterocycles. The van der Waals surface area contributed by atoms with Gasteiger partial charge < -0.3 is 10.2 Å². The van der Waals surface area contributed by atoms with Crippen LogP contribution >= 0.6 is 11.3 Å². The maximum absolute atomic E-state index is 12.2. The first kappa shape index (κ1) is 16.4. The second kappa shape index (κ2) is 7.44. The molecule has 0 bridgehead atoms. The van der Waals surface area contributed by atoms with Crippen LogP contribution in [0.2, 0.25) is 0 Å². The summed E-state index contributed by atoms with van der Waals surface area (Å²) in [4.78, 5) is 25.2. The van der Waals surface area contributed by atoms with Crippen molar-refractivity contribution in [2.24, 2.45) is 0 Å². The molecule has 0 radical (unpaired) electrons. The molecule has 2 aromatic rings. The maximum atomic E-state index is 12.2. The molecular formula is C17H19N3O3S. The zero-order valence-corrected chi connectivity index (χ0v) is 14.1. The summed E-state index contributed by atoms with van der Waals surface area (Å²) in [7, 11) is 0. The quantitative estimate of drug-likeness (QED) is 0.644. The minimum Gasteiger partial charge on any atom is -0.366 e. The number of thiophene rings is 1. The number of nitro benzene ring substituents is 1. The molecule has 1 aliphatic heterocycles. The fraction of sp³-hybridized carbons (Fsp3) is 0.353. The van der Waals surface area contributed by atoms with Gasteiger partial charge in [0.25, 0.3) is 11.6 Å². The van der Waals surface area contributed by atoms with Crippen molar-refractivity contribution < 1.29 is 9.72 Å². The molecule has 0 aliphatic carbocycles. The zero-order chi connectivity index (χ0) is 16.9. The molecule has 6 nitrogen and oxygen atoms in total. The third kappa shape index (κ3) is 3.73. The van der Waals surface area contributed by atoms with Crippen molar-refractivity contribution in [2.45, 2.75) is 19.3 Å². The number of carbonyl (C=O) groups is 1. The fourth-order valence-electron chi connectivity index (χ4n) is 2.89. The van der Waals surface area contributed by atoms with Crippen molar-refractivity contribution in [1.82, 2.24) is 5.32 Å². The molecule has 1 fully saturated rings. The van der Waals surface area contributed by atoms with Gasteiger partial charge in [0.1, 0.15) is 5.69 Å². The van der Waals surface area contributed by atoms with E-state index < -0.39 is 4.92 Å². The SMILES string of the molecule is O=C(NCCc1ccsc1)c1ccc(N2CCCC2)c([N+](=O)[O-])c1. The molecule has 2 heterocycles. The number of carbonyl (C=O) groups excluding carboxylic acids is 1. The number of hydrogen-bond acceptors (Lipinski definition) is 5. The van der Waals surface area contributed by atoms with E-state index in [1.165, 1.54) is 11.6 Å². The number of amides is 1. The third-order valence-corrected chi connectivity index (χ3v) is 4.89. The largest absolute Gasteiger partial charge is 0.366 e. The zero-order valence-electron chi connectivity index (χ0n) is 13.2. The highest BCUT2D eigenvalue weighted by atomic mass is 32.1. The predicted molar refractivity (Wildman–Crippen MR) is 94.9 cm³/mol. The Bertz CT molecular complexity index is 725. The number of hydrogen-bond donors (Lipinski definition) is 1. The molecule has 126 valence electrons. The fourth-order valence-corrected chi connectivity index (χ4v) is 3.60. The van der Waals surface area contributed by atoms with Crippen molar-refractivity contribution in [2.75, 3.05) is 24.5 Å².